The highest BCUT2D eigenvalue weighted by Crippen LogP contribution is 2.20. The van der Waals surface area contributed by atoms with Crippen LogP contribution < -0.4 is 0 Å². The van der Waals surface area contributed by atoms with Gasteiger partial charge in [-0.25, -0.2) is 9.59 Å². The van der Waals surface area contributed by atoms with E-state index in [9.17, 15) is 9.59 Å². The second-order valence-electron chi connectivity index (χ2n) is 5.27. The summed E-state index contributed by atoms with van der Waals surface area (Å²) in [6, 6.07) is 18.4. The Labute approximate surface area is 141 Å². The van der Waals surface area contributed by atoms with Crippen LogP contribution in [0.4, 0.5) is 4.79 Å². The Morgan fingerprint density at radius 1 is 1.00 bits per heavy atom. The maximum Gasteiger partial charge on any atom is 0.411 e. The van der Waals surface area contributed by atoms with Gasteiger partial charge in [-0.1, -0.05) is 60.7 Å². The van der Waals surface area contributed by atoms with Crippen molar-refractivity contribution in [1.29, 1.82) is 0 Å². The lowest BCUT2D eigenvalue weighted by Gasteiger charge is -2.22. The SMILES string of the molecule is CCOC(=O)C(OC(=O)N(C)Cc1ccccc1)c1ccccc1. The number of carbonyl (C=O) groups is 2. The van der Waals surface area contributed by atoms with Crippen LogP contribution in [0.15, 0.2) is 60.7 Å². The molecule has 5 nitrogen and oxygen atoms in total. The van der Waals surface area contributed by atoms with Crippen LogP contribution >= 0.6 is 0 Å². The van der Waals surface area contributed by atoms with Crippen LogP contribution in [-0.4, -0.2) is 30.6 Å². The zero-order valence-electron chi connectivity index (χ0n) is 13.8. The van der Waals surface area contributed by atoms with Gasteiger partial charge in [0.05, 0.1) is 6.61 Å². The first kappa shape index (κ1) is 17.5. The van der Waals surface area contributed by atoms with Gasteiger partial charge in [-0.05, 0) is 12.5 Å². The Hall–Kier alpha value is -2.82. The fourth-order valence-corrected chi connectivity index (χ4v) is 2.21. The zero-order chi connectivity index (χ0) is 17.4. The molecule has 0 spiro atoms. The minimum atomic E-state index is -1.07. The maximum absolute atomic E-state index is 12.3. The highest BCUT2D eigenvalue weighted by atomic mass is 16.6. The van der Waals surface area contributed by atoms with E-state index in [1.165, 1.54) is 4.90 Å². The van der Waals surface area contributed by atoms with Gasteiger partial charge in [0.15, 0.2) is 0 Å². The number of esters is 1. The quantitative estimate of drug-likeness (QED) is 0.761. The van der Waals surface area contributed by atoms with Gasteiger partial charge in [0.1, 0.15) is 0 Å². The van der Waals surface area contributed by atoms with Crippen molar-refractivity contribution >= 4 is 12.1 Å². The molecule has 0 N–H and O–H groups in total. The van der Waals surface area contributed by atoms with Crippen molar-refractivity contribution in [2.45, 2.75) is 19.6 Å². The number of amides is 1. The third-order valence-electron chi connectivity index (χ3n) is 3.40. The third kappa shape index (κ3) is 4.84. The summed E-state index contributed by atoms with van der Waals surface area (Å²) in [4.78, 5) is 25.9. The molecule has 1 atom stereocenters. The molecule has 0 saturated carbocycles. The maximum atomic E-state index is 12.3. The van der Waals surface area contributed by atoms with Gasteiger partial charge < -0.3 is 14.4 Å². The van der Waals surface area contributed by atoms with Crippen LogP contribution in [0.1, 0.15) is 24.2 Å². The standard InChI is InChI=1S/C19H21NO4/c1-3-23-18(21)17(16-12-8-5-9-13-16)24-19(22)20(2)14-15-10-6-4-7-11-15/h4-13,17H,3,14H2,1-2H3. The largest absolute Gasteiger partial charge is 0.463 e. The van der Waals surface area contributed by atoms with Crippen molar-refractivity contribution in [3.63, 3.8) is 0 Å². The monoisotopic (exact) mass is 327 g/mol. The summed E-state index contributed by atoms with van der Waals surface area (Å²) in [5, 5.41) is 0. The molecule has 0 saturated heterocycles. The minimum Gasteiger partial charge on any atom is -0.463 e. The molecule has 126 valence electrons. The van der Waals surface area contributed by atoms with E-state index in [4.69, 9.17) is 9.47 Å². The molecule has 1 unspecified atom stereocenters. The lowest BCUT2D eigenvalue weighted by atomic mass is 10.1. The van der Waals surface area contributed by atoms with Gasteiger partial charge in [0.25, 0.3) is 0 Å². The Balaban J connectivity index is 2.07. The molecular weight excluding hydrogens is 306 g/mol. The molecule has 24 heavy (non-hydrogen) atoms. The van der Waals surface area contributed by atoms with Gasteiger partial charge in [-0.15, -0.1) is 0 Å². The fourth-order valence-electron chi connectivity index (χ4n) is 2.21. The van der Waals surface area contributed by atoms with Gasteiger partial charge >= 0.3 is 12.1 Å². The highest BCUT2D eigenvalue weighted by Gasteiger charge is 2.27. The van der Waals surface area contributed by atoms with Gasteiger partial charge in [0.2, 0.25) is 6.10 Å². The summed E-state index contributed by atoms with van der Waals surface area (Å²) < 4.78 is 10.4. The van der Waals surface area contributed by atoms with Crippen molar-refractivity contribution in [3.8, 4) is 0 Å². The van der Waals surface area contributed by atoms with E-state index in [0.717, 1.165) is 5.56 Å². The third-order valence-corrected chi connectivity index (χ3v) is 3.40. The normalized spacial score (nSPS) is 11.4. The number of benzene rings is 2. The predicted octanol–water partition coefficient (Wildman–Crippen LogP) is 3.56. The Morgan fingerprint density at radius 2 is 1.58 bits per heavy atom. The molecule has 0 fully saturated rings. The number of rotatable bonds is 6. The molecule has 2 rings (SSSR count). The second kappa shape index (κ2) is 8.72. The van der Waals surface area contributed by atoms with Gasteiger partial charge in [-0.3, -0.25) is 0 Å². The predicted molar refractivity (Wildman–Crippen MR) is 90.2 cm³/mol. The smallest absolute Gasteiger partial charge is 0.411 e. The first-order valence-electron chi connectivity index (χ1n) is 7.79. The molecule has 2 aromatic rings. The summed E-state index contributed by atoms with van der Waals surface area (Å²) >= 11 is 0. The van der Waals surface area contributed by atoms with E-state index < -0.39 is 18.2 Å². The molecule has 0 aromatic heterocycles. The van der Waals surface area contributed by atoms with E-state index in [1.807, 2.05) is 36.4 Å². The Morgan fingerprint density at radius 3 is 2.17 bits per heavy atom. The molecule has 0 radical (unpaired) electrons. The second-order valence-corrected chi connectivity index (χ2v) is 5.27. The summed E-state index contributed by atoms with van der Waals surface area (Å²) in [6.45, 7) is 2.33. The summed E-state index contributed by atoms with van der Waals surface area (Å²) in [6.07, 6.45) is -1.65. The molecular formula is C19H21NO4. The van der Waals surface area contributed by atoms with Crippen LogP contribution in [0.2, 0.25) is 0 Å². The van der Waals surface area contributed by atoms with Crippen LogP contribution in [0.3, 0.4) is 0 Å². The van der Waals surface area contributed by atoms with Gasteiger partial charge in [-0.2, -0.15) is 0 Å². The molecule has 5 heteroatoms. The van der Waals surface area contributed by atoms with Crippen molar-refractivity contribution in [2.75, 3.05) is 13.7 Å². The molecule has 1 amide bonds. The molecule has 0 aliphatic rings. The number of nitrogens with zero attached hydrogens (tertiary/aromatic N) is 1. The summed E-state index contributed by atoms with van der Waals surface area (Å²) in [7, 11) is 1.63. The van der Waals surface area contributed by atoms with Crippen molar-refractivity contribution in [2.24, 2.45) is 0 Å². The van der Waals surface area contributed by atoms with Crippen LogP contribution in [-0.2, 0) is 20.8 Å². The van der Waals surface area contributed by atoms with E-state index in [2.05, 4.69) is 0 Å². The average Bonchev–Trinajstić information content (AvgIpc) is 2.61. The molecule has 0 aliphatic heterocycles. The van der Waals surface area contributed by atoms with E-state index >= 15 is 0 Å². The number of hydrogen-bond donors (Lipinski definition) is 0. The van der Waals surface area contributed by atoms with Crippen LogP contribution in [0, 0.1) is 0 Å². The van der Waals surface area contributed by atoms with Crippen molar-refractivity contribution in [3.05, 3.63) is 71.8 Å². The molecule has 2 aromatic carbocycles. The topological polar surface area (TPSA) is 55.8 Å². The highest BCUT2D eigenvalue weighted by molar-refractivity contribution is 5.80. The molecule has 0 bridgehead atoms. The first-order chi connectivity index (χ1) is 11.6. The van der Waals surface area contributed by atoms with Crippen LogP contribution in [0.5, 0.6) is 0 Å². The molecule has 0 aliphatic carbocycles. The van der Waals surface area contributed by atoms with E-state index in [1.54, 1.807) is 38.2 Å². The average molecular weight is 327 g/mol. The lowest BCUT2D eigenvalue weighted by molar-refractivity contribution is -0.154. The van der Waals surface area contributed by atoms with E-state index in [-0.39, 0.29) is 6.61 Å². The number of hydrogen-bond acceptors (Lipinski definition) is 4. The summed E-state index contributed by atoms with van der Waals surface area (Å²) in [5.41, 5.74) is 1.56. The fraction of sp³-hybridized carbons (Fsp3) is 0.263. The van der Waals surface area contributed by atoms with E-state index in [0.29, 0.717) is 12.1 Å². The Kier molecular flexibility index (Phi) is 6.37. The number of carbonyl (C=O) groups excluding carboxylic acids is 2. The lowest BCUT2D eigenvalue weighted by Crippen LogP contribution is -2.31. The Bertz CT molecular complexity index is 658. The zero-order valence-corrected chi connectivity index (χ0v) is 13.8. The van der Waals surface area contributed by atoms with Crippen LogP contribution in [0.25, 0.3) is 0 Å². The van der Waals surface area contributed by atoms with Crippen molar-refractivity contribution in [1.82, 2.24) is 4.90 Å². The molecule has 0 heterocycles. The van der Waals surface area contributed by atoms with Crippen molar-refractivity contribution < 1.29 is 19.1 Å². The summed E-state index contributed by atoms with van der Waals surface area (Å²) in [5.74, 6) is -0.579. The number of ether oxygens (including phenoxy) is 2. The first-order valence-corrected chi connectivity index (χ1v) is 7.79. The minimum absolute atomic E-state index is 0.222. The van der Waals surface area contributed by atoms with Gasteiger partial charge in [0, 0.05) is 19.2 Å².